The molecular formula is C12H16FNO2. The standard InChI is InChI=1S/C12H16FNO2/c1-7(14)12(5-6-12)8-3-4-9(16-2)11(15)10(8)13/h3-4,7,15H,5-6,14H2,1-2H3. The molecule has 0 radical (unpaired) electrons. The van der Waals surface area contributed by atoms with Gasteiger partial charge in [0.15, 0.2) is 17.3 Å². The SMILES string of the molecule is COc1ccc(C2(C(C)N)CC2)c(F)c1O. The second-order valence-electron chi connectivity index (χ2n) is 4.42. The Kier molecular flexibility index (Phi) is 2.54. The lowest BCUT2D eigenvalue weighted by molar-refractivity contribution is 0.352. The zero-order valence-electron chi connectivity index (χ0n) is 9.46. The number of hydrogen-bond donors (Lipinski definition) is 2. The maximum Gasteiger partial charge on any atom is 0.194 e. The molecule has 0 saturated heterocycles. The molecule has 1 aromatic rings. The van der Waals surface area contributed by atoms with Gasteiger partial charge in [0.05, 0.1) is 7.11 Å². The van der Waals surface area contributed by atoms with Gasteiger partial charge in [-0.3, -0.25) is 0 Å². The van der Waals surface area contributed by atoms with Crippen LogP contribution in [0, 0.1) is 5.82 Å². The van der Waals surface area contributed by atoms with Gasteiger partial charge in [-0.05, 0) is 31.4 Å². The average molecular weight is 225 g/mol. The highest BCUT2D eigenvalue weighted by Gasteiger charge is 2.49. The summed E-state index contributed by atoms with van der Waals surface area (Å²) in [6.45, 7) is 1.87. The summed E-state index contributed by atoms with van der Waals surface area (Å²) in [7, 11) is 1.40. The minimum Gasteiger partial charge on any atom is -0.502 e. The van der Waals surface area contributed by atoms with Crippen molar-refractivity contribution in [3.05, 3.63) is 23.5 Å². The fourth-order valence-electron chi connectivity index (χ4n) is 2.20. The summed E-state index contributed by atoms with van der Waals surface area (Å²) in [4.78, 5) is 0. The Morgan fingerprint density at radius 1 is 1.50 bits per heavy atom. The molecule has 3 N–H and O–H groups in total. The third-order valence-corrected chi connectivity index (χ3v) is 3.50. The van der Waals surface area contributed by atoms with Gasteiger partial charge in [-0.15, -0.1) is 0 Å². The summed E-state index contributed by atoms with van der Waals surface area (Å²) in [6, 6.07) is 3.12. The second kappa shape index (κ2) is 3.63. The van der Waals surface area contributed by atoms with E-state index < -0.39 is 11.6 Å². The summed E-state index contributed by atoms with van der Waals surface area (Å²) >= 11 is 0. The first kappa shape index (κ1) is 11.2. The van der Waals surface area contributed by atoms with E-state index in [0.717, 1.165) is 12.8 Å². The van der Waals surface area contributed by atoms with E-state index in [4.69, 9.17) is 10.5 Å². The maximum atomic E-state index is 14.0. The minimum absolute atomic E-state index is 0.116. The Balaban J connectivity index is 2.48. The lowest BCUT2D eigenvalue weighted by Crippen LogP contribution is -2.32. The van der Waals surface area contributed by atoms with E-state index in [-0.39, 0.29) is 17.2 Å². The summed E-state index contributed by atoms with van der Waals surface area (Å²) in [5, 5.41) is 9.61. The molecule has 1 aromatic carbocycles. The van der Waals surface area contributed by atoms with Gasteiger partial charge in [-0.25, -0.2) is 4.39 Å². The van der Waals surface area contributed by atoms with Crippen molar-refractivity contribution in [3.8, 4) is 11.5 Å². The molecular weight excluding hydrogens is 209 g/mol. The molecule has 2 rings (SSSR count). The van der Waals surface area contributed by atoms with Crippen molar-refractivity contribution < 1.29 is 14.2 Å². The van der Waals surface area contributed by atoms with Crippen molar-refractivity contribution in [1.82, 2.24) is 0 Å². The Bertz CT molecular complexity index is 414. The third-order valence-electron chi connectivity index (χ3n) is 3.50. The Hall–Kier alpha value is -1.29. The molecule has 88 valence electrons. The molecule has 0 bridgehead atoms. The smallest absolute Gasteiger partial charge is 0.194 e. The maximum absolute atomic E-state index is 14.0. The van der Waals surface area contributed by atoms with Crippen LogP contribution in [0.5, 0.6) is 11.5 Å². The number of aromatic hydroxyl groups is 1. The van der Waals surface area contributed by atoms with Gasteiger partial charge in [-0.1, -0.05) is 6.07 Å². The molecule has 0 aromatic heterocycles. The van der Waals surface area contributed by atoms with Crippen LogP contribution in [0.1, 0.15) is 25.3 Å². The first-order valence-electron chi connectivity index (χ1n) is 5.34. The predicted octanol–water partition coefficient (Wildman–Crippen LogP) is 1.92. The van der Waals surface area contributed by atoms with Gasteiger partial charge in [0.25, 0.3) is 0 Å². The largest absolute Gasteiger partial charge is 0.502 e. The molecule has 4 heteroatoms. The topological polar surface area (TPSA) is 55.5 Å². The number of benzene rings is 1. The highest BCUT2D eigenvalue weighted by Crippen LogP contribution is 2.52. The first-order valence-corrected chi connectivity index (χ1v) is 5.34. The predicted molar refractivity (Wildman–Crippen MR) is 59.2 cm³/mol. The Labute approximate surface area is 94.0 Å². The lowest BCUT2D eigenvalue weighted by atomic mass is 9.89. The summed E-state index contributed by atoms with van der Waals surface area (Å²) in [6.07, 6.45) is 1.74. The lowest BCUT2D eigenvalue weighted by Gasteiger charge is -2.21. The molecule has 0 heterocycles. The zero-order chi connectivity index (χ0) is 11.9. The number of halogens is 1. The molecule has 3 nitrogen and oxygen atoms in total. The highest BCUT2D eigenvalue weighted by molar-refractivity contribution is 5.48. The van der Waals surface area contributed by atoms with Crippen LogP contribution in [0.2, 0.25) is 0 Å². The van der Waals surface area contributed by atoms with Crippen molar-refractivity contribution in [1.29, 1.82) is 0 Å². The van der Waals surface area contributed by atoms with Crippen molar-refractivity contribution in [3.63, 3.8) is 0 Å². The monoisotopic (exact) mass is 225 g/mol. The van der Waals surface area contributed by atoms with Crippen LogP contribution in [0.4, 0.5) is 4.39 Å². The van der Waals surface area contributed by atoms with Crippen LogP contribution in [-0.4, -0.2) is 18.3 Å². The van der Waals surface area contributed by atoms with Gasteiger partial charge in [-0.2, -0.15) is 0 Å². The second-order valence-corrected chi connectivity index (χ2v) is 4.42. The van der Waals surface area contributed by atoms with Gasteiger partial charge in [0.2, 0.25) is 0 Å². The summed E-state index contributed by atoms with van der Waals surface area (Å²) in [5.74, 6) is -0.872. The van der Waals surface area contributed by atoms with E-state index >= 15 is 0 Å². The van der Waals surface area contributed by atoms with Gasteiger partial charge in [0.1, 0.15) is 0 Å². The van der Waals surface area contributed by atoms with E-state index in [1.165, 1.54) is 7.11 Å². The van der Waals surface area contributed by atoms with E-state index in [2.05, 4.69) is 0 Å². The normalized spacial score (nSPS) is 19.2. The average Bonchev–Trinajstić information content (AvgIpc) is 3.03. The van der Waals surface area contributed by atoms with E-state index in [1.807, 2.05) is 6.92 Å². The van der Waals surface area contributed by atoms with Crippen molar-refractivity contribution >= 4 is 0 Å². The van der Waals surface area contributed by atoms with Crippen molar-refractivity contribution in [2.45, 2.75) is 31.2 Å². The molecule has 1 fully saturated rings. The number of phenols is 1. The number of phenolic OH excluding ortho intramolecular Hbond substituents is 1. The molecule has 1 atom stereocenters. The number of methoxy groups -OCH3 is 1. The molecule has 1 unspecified atom stereocenters. The van der Waals surface area contributed by atoms with E-state index in [9.17, 15) is 9.50 Å². The van der Waals surface area contributed by atoms with Gasteiger partial charge in [0, 0.05) is 11.5 Å². The van der Waals surface area contributed by atoms with E-state index in [1.54, 1.807) is 12.1 Å². The number of ether oxygens (including phenoxy) is 1. The molecule has 1 aliphatic carbocycles. The fourth-order valence-corrected chi connectivity index (χ4v) is 2.20. The Morgan fingerprint density at radius 2 is 2.12 bits per heavy atom. The van der Waals surface area contributed by atoms with Crippen LogP contribution < -0.4 is 10.5 Å². The molecule has 16 heavy (non-hydrogen) atoms. The zero-order valence-corrected chi connectivity index (χ0v) is 9.46. The third kappa shape index (κ3) is 1.45. The number of hydrogen-bond acceptors (Lipinski definition) is 3. The van der Waals surface area contributed by atoms with Crippen LogP contribution in [-0.2, 0) is 5.41 Å². The minimum atomic E-state index is -0.603. The summed E-state index contributed by atoms with van der Waals surface area (Å²) < 4.78 is 18.8. The van der Waals surface area contributed by atoms with Crippen molar-refractivity contribution in [2.75, 3.05) is 7.11 Å². The van der Waals surface area contributed by atoms with Crippen LogP contribution >= 0.6 is 0 Å². The highest BCUT2D eigenvalue weighted by atomic mass is 19.1. The molecule has 1 saturated carbocycles. The number of rotatable bonds is 3. The molecule has 1 aliphatic rings. The van der Waals surface area contributed by atoms with Gasteiger partial charge < -0.3 is 15.6 Å². The summed E-state index contributed by atoms with van der Waals surface area (Å²) in [5.41, 5.74) is 6.08. The van der Waals surface area contributed by atoms with E-state index in [0.29, 0.717) is 5.56 Å². The quantitative estimate of drug-likeness (QED) is 0.826. The number of nitrogens with two attached hydrogens (primary N) is 1. The molecule has 0 spiro atoms. The fraction of sp³-hybridized carbons (Fsp3) is 0.500. The van der Waals surface area contributed by atoms with Crippen molar-refractivity contribution in [2.24, 2.45) is 5.73 Å². The molecule has 0 aliphatic heterocycles. The van der Waals surface area contributed by atoms with Gasteiger partial charge >= 0.3 is 0 Å². The Morgan fingerprint density at radius 3 is 2.56 bits per heavy atom. The first-order chi connectivity index (χ1) is 7.53. The van der Waals surface area contributed by atoms with Crippen LogP contribution in [0.25, 0.3) is 0 Å². The van der Waals surface area contributed by atoms with Crippen LogP contribution in [0.3, 0.4) is 0 Å². The van der Waals surface area contributed by atoms with Crippen LogP contribution in [0.15, 0.2) is 12.1 Å². The molecule has 0 amide bonds.